The second-order valence-corrected chi connectivity index (χ2v) is 4.51. The van der Waals surface area contributed by atoms with Gasteiger partial charge in [0, 0.05) is 13.1 Å². The average molecular weight is 278 g/mol. The third-order valence-corrected chi connectivity index (χ3v) is 2.89. The summed E-state index contributed by atoms with van der Waals surface area (Å²) in [5.41, 5.74) is 0.891. The molecule has 1 aliphatic heterocycles. The number of nitrogens with one attached hydrogen (secondary N) is 1. The van der Waals surface area contributed by atoms with Gasteiger partial charge in [-0.05, 0) is 18.4 Å². The van der Waals surface area contributed by atoms with E-state index in [-0.39, 0.29) is 13.2 Å². The molecular weight excluding hydrogens is 260 g/mol. The quantitative estimate of drug-likeness (QED) is 0.883. The maximum Gasteiger partial charge on any atom is 0.407 e. The molecule has 6 nitrogen and oxygen atoms in total. The molecule has 1 fully saturated rings. The molecule has 1 saturated heterocycles. The molecule has 0 saturated carbocycles. The highest BCUT2D eigenvalue weighted by molar-refractivity contribution is 5.77. The van der Waals surface area contributed by atoms with Gasteiger partial charge in [-0.1, -0.05) is 30.3 Å². The highest BCUT2D eigenvalue weighted by Crippen LogP contribution is 2.07. The number of carbonyl (C=O) groups is 2. The summed E-state index contributed by atoms with van der Waals surface area (Å²) >= 11 is 0. The number of carbonyl (C=O) groups excluding carboxylic acids is 2. The van der Waals surface area contributed by atoms with E-state index in [2.05, 4.69) is 5.32 Å². The maximum absolute atomic E-state index is 11.4. The van der Waals surface area contributed by atoms with Crippen molar-refractivity contribution in [2.45, 2.75) is 19.4 Å². The van der Waals surface area contributed by atoms with Gasteiger partial charge in [-0.25, -0.2) is 9.59 Å². The number of alkyl carbamates (subject to hydrolysis) is 1. The first kappa shape index (κ1) is 14.3. The second kappa shape index (κ2) is 7.49. The van der Waals surface area contributed by atoms with Crippen molar-refractivity contribution in [2.24, 2.45) is 0 Å². The molecule has 0 aromatic heterocycles. The predicted octanol–water partition coefficient (Wildman–Crippen LogP) is 1.47. The number of hydroxylamine groups is 2. The van der Waals surface area contributed by atoms with Gasteiger partial charge < -0.3 is 14.9 Å². The molecule has 0 spiro atoms. The van der Waals surface area contributed by atoms with Crippen LogP contribution in [0.4, 0.5) is 4.79 Å². The van der Waals surface area contributed by atoms with E-state index in [1.54, 1.807) is 5.06 Å². The molecule has 0 bridgehead atoms. The van der Waals surface area contributed by atoms with Gasteiger partial charge in [0.25, 0.3) is 0 Å². The summed E-state index contributed by atoms with van der Waals surface area (Å²) in [5, 5.41) is 3.97. The third-order valence-electron chi connectivity index (χ3n) is 2.89. The van der Waals surface area contributed by atoms with Crippen LogP contribution >= 0.6 is 0 Å². The van der Waals surface area contributed by atoms with E-state index in [0.717, 1.165) is 31.5 Å². The smallest absolute Gasteiger partial charge is 0.407 e. The van der Waals surface area contributed by atoms with Crippen LogP contribution in [0.1, 0.15) is 18.4 Å². The van der Waals surface area contributed by atoms with E-state index >= 15 is 0 Å². The minimum Gasteiger partial charge on any atom is -0.445 e. The van der Waals surface area contributed by atoms with Crippen LogP contribution in [0.25, 0.3) is 0 Å². The summed E-state index contributed by atoms with van der Waals surface area (Å²) in [6, 6.07) is 9.33. The average Bonchev–Trinajstić information content (AvgIpc) is 2.97. The Hall–Kier alpha value is -2.08. The lowest BCUT2D eigenvalue weighted by atomic mass is 10.2. The van der Waals surface area contributed by atoms with E-state index in [0.29, 0.717) is 0 Å². The van der Waals surface area contributed by atoms with Crippen molar-refractivity contribution in [1.82, 2.24) is 10.4 Å². The number of hydrogen-bond donors (Lipinski definition) is 1. The molecule has 0 unspecified atom stereocenters. The van der Waals surface area contributed by atoms with Gasteiger partial charge in [0.05, 0.1) is 0 Å². The minimum absolute atomic E-state index is 0.174. The first-order valence-electron chi connectivity index (χ1n) is 6.64. The minimum atomic E-state index is -0.632. The van der Waals surface area contributed by atoms with E-state index < -0.39 is 12.1 Å². The Balaban J connectivity index is 1.61. The summed E-state index contributed by atoms with van der Waals surface area (Å²) in [6.07, 6.45) is 1.42. The highest BCUT2D eigenvalue weighted by atomic mass is 16.7. The third kappa shape index (κ3) is 4.89. The molecule has 108 valence electrons. The van der Waals surface area contributed by atoms with Crippen molar-refractivity contribution in [3.8, 4) is 0 Å². The van der Waals surface area contributed by atoms with Gasteiger partial charge in [0.1, 0.15) is 13.2 Å². The molecule has 1 heterocycles. The van der Waals surface area contributed by atoms with E-state index in [4.69, 9.17) is 9.57 Å². The normalized spacial score (nSPS) is 14.8. The molecule has 0 radical (unpaired) electrons. The number of hydrogen-bond acceptors (Lipinski definition) is 5. The first-order chi connectivity index (χ1) is 9.74. The molecular formula is C14H18N2O4. The summed E-state index contributed by atoms with van der Waals surface area (Å²) in [6.45, 7) is 1.49. The van der Waals surface area contributed by atoms with Crippen molar-refractivity contribution in [2.75, 3.05) is 19.6 Å². The second-order valence-electron chi connectivity index (χ2n) is 4.51. The van der Waals surface area contributed by atoms with Gasteiger partial charge in [-0.3, -0.25) is 0 Å². The molecule has 2 rings (SSSR count). The van der Waals surface area contributed by atoms with Crippen LogP contribution in [0.3, 0.4) is 0 Å². The van der Waals surface area contributed by atoms with Crippen LogP contribution in [-0.2, 0) is 21.0 Å². The fraction of sp³-hybridized carbons (Fsp3) is 0.429. The lowest BCUT2D eigenvalue weighted by Gasteiger charge is -2.14. The van der Waals surface area contributed by atoms with Gasteiger partial charge in [-0.15, -0.1) is 5.06 Å². The number of rotatable bonds is 5. The number of benzene rings is 1. The van der Waals surface area contributed by atoms with E-state index in [1.807, 2.05) is 30.3 Å². The molecule has 1 N–H and O–H groups in total. The monoisotopic (exact) mass is 278 g/mol. The van der Waals surface area contributed by atoms with Crippen molar-refractivity contribution in [3.63, 3.8) is 0 Å². The van der Waals surface area contributed by atoms with Crippen molar-refractivity contribution in [1.29, 1.82) is 0 Å². The zero-order valence-electron chi connectivity index (χ0n) is 11.2. The summed E-state index contributed by atoms with van der Waals surface area (Å²) in [4.78, 5) is 27.9. The molecule has 6 heteroatoms. The topological polar surface area (TPSA) is 67.9 Å². The Kier molecular flexibility index (Phi) is 5.37. The standard InChI is InChI=1S/C14H18N2O4/c17-13(20-16-8-4-5-9-16)10-15-14(18)19-11-12-6-2-1-3-7-12/h1-3,6-7H,4-5,8-11H2,(H,15,18). The number of amides is 1. The van der Waals surface area contributed by atoms with Crippen LogP contribution in [0.15, 0.2) is 30.3 Å². The summed E-state index contributed by atoms with van der Waals surface area (Å²) in [7, 11) is 0. The molecule has 1 amide bonds. The number of nitrogens with zero attached hydrogens (tertiary/aromatic N) is 1. The highest BCUT2D eigenvalue weighted by Gasteiger charge is 2.16. The van der Waals surface area contributed by atoms with Crippen molar-refractivity contribution < 1.29 is 19.2 Å². The van der Waals surface area contributed by atoms with Gasteiger partial charge in [-0.2, -0.15) is 0 Å². The molecule has 0 atom stereocenters. The molecule has 1 aliphatic rings. The summed E-state index contributed by atoms with van der Waals surface area (Å²) in [5.74, 6) is -0.483. The summed E-state index contributed by atoms with van der Waals surface area (Å²) < 4.78 is 4.98. The zero-order chi connectivity index (χ0) is 14.2. The predicted molar refractivity (Wildman–Crippen MR) is 71.5 cm³/mol. The zero-order valence-corrected chi connectivity index (χ0v) is 11.2. The first-order valence-corrected chi connectivity index (χ1v) is 6.64. The van der Waals surface area contributed by atoms with Crippen LogP contribution in [0.2, 0.25) is 0 Å². The largest absolute Gasteiger partial charge is 0.445 e. The number of ether oxygens (including phenoxy) is 1. The van der Waals surface area contributed by atoms with Crippen LogP contribution in [0, 0.1) is 0 Å². The molecule has 0 aliphatic carbocycles. The Morgan fingerprint density at radius 1 is 1.15 bits per heavy atom. The Morgan fingerprint density at radius 2 is 1.85 bits per heavy atom. The Bertz CT molecular complexity index is 444. The van der Waals surface area contributed by atoms with Crippen LogP contribution in [-0.4, -0.2) is 36.8 Å². The molecule has 1 aromatic rings. The van der Waals surface area contributed by atoms with E-state index in [9.17, 15) is 9.59 Å². The van der Waals surface area contributed by atoms with Crippen LogP contribution < -0.4 is 5.32 Å². The fourth-order valence-corrected chi connectivity index (χ4v) is 1.87. The van der Waals surface area contributed by atoms with E-state index in [1.165, 1.54) is 0 Å². The van der Waals surface area contributed by atoms with Gasteiger partial charge in [0.2, 0.25) is 0 Å². The molecule has 20 heavy (non-hydrogen) atoms. The Morgan fingerprint density at radius 3 is 2.55 bits per heavy atom. The SMILES string of the molecule is O=C(CNC(=O)OCc1ccccc1)ON1CCCC1. The Labute approximate surface area is 117 Å². The fourth-order valence-electron chi connectivity index (χ4n) is 1.87. The van der Waals surface area contributed by atoms with Crippen molar-refractivity contribution in [3.05, 3.63) is 35.9 Å². The van der Waals surface area contributed by atoms with Gasteiger partial charge >= 0.3 is 12.1 Å². The van der Waals surface area contributed by atoms with Crippen molar-refractivity contribution >= 4 is 12.1 Å². The molecule has 1 aromatic carbocycles. The lowest BCUT2D eigenvalue weighted by Crippen LogP contribution is -2.34. The lowest BCUT2D eigenvalue weighted by molar-refractivity contribution is -0.183. The van der Waals surface area contributed by atoms with Gasteiger partial charge in [0.15, 0.2) is 0 Å². The maximum atomic E-state index is 11.4. The van der Waals surface area contributed by atoms with Crippen LogP contribution in [0.5, 0.6) is 0 Å².